The Kier molecular flexibility index (Phi) is 5.70. The highest BCUT2D eigenvalue weighted by Crippen LogP contribution is 2.31. The van der Waals surface area contributed by atoms with Crippen molar-refractivity contribution in [3.8, 4) is 11.5 Å². The van der Waals surface area contributed by atoms with Crippen molar-refractivity contribution >= 4 is 0 Å². The molecule has 2 heterocycles. The summed E-state index contributed by atoms with van der Waals surface area (Å²) in [5.41, 5.74) is 2.35. The lowest BCUT2D eigenvalue weighted by molar-refractivity contribution is 0.224. The number of nitrogens with zero attached hydrogens (tertiary/aromatic N) is 2. The summed E-state index contributed by atoms with van der Waals surface area (Å²) >= 11 is 0. The van der Waals surface area contributed by atoms with Gasteiger partial charge in [0.2, 0.25) is 0 Å². The second-order valence-electron chi connectivity index (χ2n) is 6.72. The van der Waals surface area contributed by atoms with Crippen molar-refractivity contribution in [2.45, 2.75) is 33.4 Å². The zero-order chi connectivity index (χ0) is 16.8. The third-order valence-electron chi connectivity index (χ3n) is 3.95. The summed E-state index contributed by atoms with van der Waals surface area (Å²) in [5, 5.41) is 0. The van der Waals surface area contributed by atoms with Crippen LogP contribution in [0, 0.1) is 5.92 Å². The number of hydrogen-bond donors (Lipinski definition) is 0. The molecule has 1 aromatic heterocycles. The van der Waals surface area contributed by atoms with E-state index in [4.69, 9.17) is 9.47 Å². The van der Waals surface area contributed by atoms with Gasteiger partial charge < -0.3 is 9.47 Å². The van der Waals surface area contributed by atoms with Crippen LogP contribution in [-0.2, 0) is 13.1 Å². The molecule has 0 atom stereocenters. The molecule has 0 fully saturated rings. The number of rotatable bonds is 6. The molecule has 0 amide bonds. The van der Waals surface area contributed by atoms with Crippen molar-refractivity contribution in [3.63, 3.8) is 0 Å². The molecule has 1 aliphatic heterocycles. The molecule has 3 rings (SSSR count). The number of hydrogen-bond acceptors (Lipinski definition) is 4. The molecule has 1 aromatic carbocycles. The first-order valence-corrected chi connectivity index (χ1v) is 8.71. The Morgan fingerprint density at radius 1 is 1.04 bits per heavy atom. The van der Waals surface area contributed by atoms with E-state index in [9.17, 15) is 0 Å². The lowest BCUT2D eigenvalue weighted by Crippen LogP contribution is -2.27. The van der Waals surface area contributed by atoms with E-state index in [1.54, 1.807) is 0 Å². The average Bonchev–Trinajstić information content (AvgIpc) is 2.80. The SMILES string of the molecule is CC(C)CN(Cc1ccc2c(c1)OCCCO2)Cc1ccccn1. The molecule has 0 unspecified atom stereocenters. The van der Waals surface area contributed by atoms with E-state index in [0.717, 1.165) is 56.5 Å². The number of fused-ring (bicyclic) bond motifs is 1. The molecule has 24 heavy (non-hydrogen) atoms. The fraction of sp³-hybridized carbons (Fsp3) is 0.450. The van der Waals surface area contributed by atoms with Gasteiger partial charge in [-0.25, -0.2) is 0 Å². The largest absolute Gasteiger partial charge is 0.490 e. The van der Waals surface area contributed by atoms with Crippen molar-refractivity contribution in [1.29, 1.82) is 0 Å². The molecule has 0 N–H and O–H groups in total. The van der Waals surface area contributed by atoms with Gasteiger partial charge in [0, 0.05) is 32.3 Å². The van der Waals surface area contributed by atoms with Crippen LogP contribution in [0.3, 0.4) is 0 Å². The quantitative estimate of drug-likeness (QED) is 0.806. The highest BCUT2D eigenvalue weighted by Gasteiger charge is 2.14. The highest BCUT2D eigenvalue weighted by molar-refractivity contribution is 5.43. The Bertz CT molecular complexity index is 643. The second-order valence-corrected chi connectivity index (χ2v) is 6.72. The first-order chi connectivity index (χ1) is 11.7. The van der Waals surface area contributed by atoms with Gasteiger partial charge in [-0.3, -0.25) is 9.88 Å². The monoisotopic (exact) mass is 326 g/mol. The molecular formula is C20H26N2O2. The van der Waals surface area contributed by atoms with Crippen LogP contribution in [0.1, 0.15) is 31.5 Å². The van der Waals surface area contributed by atoms with Crippen LogP contribution in [0.4, 0.5) is 0 Å². The Balaban J connectivity index is 1.73. The minimum absolute atomic E-state index is 0.606. The molecule has 0 saturated heterocycles. The first kappa shape index (κ1) is 16.8. The smallest absolute Gasteiger partial charge is 0.161 e. The lowest BCUT2D eigenvalue weighted by atomic mass is 10.1. The van der Waals surface area contributed by atoms with E-state index >= 15 is 0 Å². The summed E-state index contributed by atoms with van der Waals surface area (Å²) in [7, 11) is 0. The molecule has 128 valence electrons. The van der Waals surface area contributed by atoms with E-state index in [0.29, 0.717) is 5.92 Å². The third-order valence-corrected chi connectivity index (χ3v) is 3.95. The van der Waals surface area contributed by atoms with Crippen LogP contribution in [0.2, 0.25) is 0 Å². The predicted octanol–water partition coefficient (Wildman–Crippen LogP) is 3.90. The van der Waals surface area contributed by atoms with E-state index < -0.39 is 0 Å². The first-order valence-electron chi connectivity index (χ1n) is 8.71. The van der Waals surface area contributed by atoms with Crippen molar-refractivity contribution < 1.29 is 9.47 Å². The standard InChI is InChI=1S/C20H26N2O2/c1-16(2)13-22(15-18-6-3-4-9-21-18)14-17-7-8-19-20(12-17)24-11-5-10-23-19/h3-4,6-9,12,16H,5,10-11,13-15H2,1-2H3. The van der Waals surface area contributed by atoms with Gasteiger partial charge in [0.15, 0.2) is 11.5 Å². The van der Waals surface area contributed by atoms with E-state index in [1.807, 2.05) is 24.4 Å². The van der Waals surface area contributed by atoms with Crippen LogP contribution in [0.25, 0.3) is 0 Å². The maximum absolute atomic E-state index is 5.81. The molecule has 0 saturated carbocycles. The van der Waals surface area contributed by atoms with Gasteiger partial charge in [0.05, 0.1) is 18.9 Å². The summed E-state index contributed by atoms with van der Waals surface area (Å²) < 4.78 is 11.5. The second kappa shape index (κ2) is 8.15. The molecule has 2 aromatic rings. The van der Waals surface area contributed by atoms with E-state index in [-0.39, 0.29) is 0 Å². The Hall–Kier alpha value is -2.07. The maximum atomic E-state index is 5.81. The van der Waals surface area contributed by atoms with E-state index in [1.165, 1.54) is 5.56 Å². The third kappa shape index (κ3) is 4.71. The molecule has 4 nitrogen and oxygen atoms in total. The molecule has 0 aliphatic carbocycles. The fourth-order valence-electron chi connectivity index (χ4n) is 2.99. The minimum Gasteiger partial charge on any atom is -0.490 e. The molecular weight excluding hydrogens is 300 g/mol. The van der Waals surface area contributed by atoms with E-state index in [2.05, 4.69) is 41.9 Å². The molecule has 0 bridgehead atoms. The van der Waals surface area contributed by atoms with Crippen molar-refractivity contribution in [3.05, 3.63) is 53.9 Å². The fourth-order valence-corrected chi connectivity index (χ4v) is 2.99. The van der Waals surface area contributed by atoms with Gasteiger partial charge >= 0.3 is 0 Å². The van der Waals surface area contributed by atoms with Crippen LogP contribution < -0.4 is 9.47 Å². The van der Waals surface area contributed by atoms with Gasteiger partial charge in [-0.2, -0.15) is 0 Å². The summed E-state index contributed by atoms with van der Waals surface area (Å²) in [6.45, 7) is 8.72. The zero-order valence-corrected chi connectivity index (χ0v) is 14.6. The van der Waals surface area contributed by atoms with Crippen LogP contribution in [0.15, 0.2) is 42.6 Å². The summed E-state index contributed by atoms with van der Waals surface area (Å²) in [4.78, 5) is 6.90. The Morgan fingerprint density at radius 2 is 1.88 bits per heavy atom. The van der Waals surface area contributed by atoms with Crippen LogP contribution >= 0.6 is 0 Å². The number of benzene rings is 1. The van der Waals surface area contributed by atoms with Crippen molar-refractivity contribution in [2.75, 3.05) is 19.8 Å². The van der Waals surface area contributed by atoms with Crippen LogP contribution in [-0.4, -0.2) is 29.6 Å². The highest BCUT2D eigenvalue weighted by atomic mass is 16.5. The van der Waals surface area contributed by atoms with Gasteiger partial charge in [0.25, 0.3) is 0 Å². The predicted molar refractivity (Wildman–Crippen MR) is 95.2 cm³/mol. The molecule has 4 heteroatoms. The Labute approximate surface area is 144 Å². The maximum Gasteiger partial charge on any atom is 0.161 e. The summed E-state index contributed by atoms with van der Waals surface area (Å²) in [6.07, 6.45) is 2.79. The normalized spacial score (nSPS) is 14.0. The molecule has 1 aliphatic rings. The van der Waals surface area contributed by atoms with Gasteiger partial charge in [0.1, 0.15) is 0 Å². The van der Waals surface area contributed by atoms with Gasteiger partial charge in [-0.1, -0.05) is 26.0 Å². The van der Waals surface area contributed by atoms with Gasteiger partial charge in [-0.05, 0) is 35.7 Å². The summed E-state index contributed by atoms with van der Waals surface area (Å²) in [5.74, 6) is 2.33. The number of ether oxygens (including phenoxy) is 2. The number of pyridine rings is 1. The topological polar surface area (TPSA) is 34.6 Å². The van der Waals surface area contributed by atoms with Gasteiger partial charge in [-0.15, -0.1) is 0 Å². The molecule has 0 spiro atoms. The lowest BCUT2D eigenvalue weighted by Gasteiger charge is -2.24. The minimum atomic E-state index is 0.606. The zero-order valence-electron chi connectivity index (χ0n) is 14.6. The molecule has 0 radical (unpaired) electrons. The number of aromatic nitrogens is 1. The van der Waals surface area contributed by atoms with Crippen molar-refractivity contribution in [1.82, 2.24) is 9.88 Å². The summed E-state index contributed by atoms with van der Waals surface area (Å²) in [6, 6.07) is 12.4. The van der Waals surface area contributed by atoms with Crippen LogP contribution in [0.5, 0.6) is 11.5 Å². The van der Waals surface area contributed by atoms with Crippen molar-refractivity contribution in [2.24, 2.45) is 5.92 Å². The Morgan fingerprint density at radius 3 is 2.62 bits per heavy atom. The average molecular weight is 326 g/mol.